The fourth-order valence-corrected chi connectivity index (χ4v) is 4.82. The van der Waals surface area contributed by atoms with Gasteiger partial charge in [-0.15, -0.1) is 0 Å². The lowest BCUT2D eigenvalue weighted by Crippen LogP contribution is -2.42. The molecule has 0 saturated heterocycles. The van der Waals surface area contributed by atoms with E-state index >= 15 is 0 Å². The molecule has 10 heteroatoms. The number of aromatic nitrogens is 1. The maximum Gasteiger partial charge on any atom is 0.329 e. The molecule has 0 saturated carbocycles. The summed E-state index contributed by atoms with van der Waals surface area (Å²) >= 11 is 0. The Morgan fingerprint density at radius 2 is 1.06 bits per heavy atom. The minimum atomic E-state index is -0.898. The summed E-state index contributed by atoms with van der Waals surface area (Å²) in [5.74, 6) is -1.40. The van der Waals surface area contributed by atoms with Crippen LogP contribution in [-0.4, -0.2) is 40.8 Å². The number of hydrogen-bond donors (Lipinski definition) is 2. The van der Waals surface area contributed by atoms with Gasteiger partial charge in [-0.25, -0.2) is 14.6 Å². The molecule has 10 nitrogen and oxygen atoms in total. The smallest absolute Gasteiger partial charge is 0.329 e. The highest BCUT2D eigenvalue weighted by atomic mass is 16.5. The van der Waals surface area contributed by atoms with Gasteiger partial charge in [0.25, 0.3) is 11.8 Å². The minimum absolute atomic E-state index is 0.0923. The number of rotatable bonds is 15. The molecule has 1 aromatic heterocycles. The number of amides is 2. The summed E-state index contributed by atoms with van der Waals surface area (Å²) in [5.41, 5.74) is 1.80. The van der Waals surface area contributed by atoms with E-state index in [9.17, 15) is 19.2 Å². The standard InChI is InChI=1S/C37H41N3O7/c1-24(2)20-29(38-33(41)26-14-8-5-9-15-26)36(43)45-22-31-32(47-35(40-31)28-18-12-7-13-19-28)23-46-37(44)30(21-25(3)4)39-34(42)27-16-10-6-11-17-27/h5-19,24-25,29-30H,20-23H2,1-4H3,(H,38,41)(H,39,42)/t29-,30-/m1/s1. The van der Waals surface area contributed by atoms with Crippen molar-refractivity contribution in [3.63, 3.8) is 0 Å². The average Bonchev–Trinajstić information content (AvgIpc) is 3.49. The molecule has 4 aromatic rings. The van der Waals surface area contributed by atoms with Gasteiger partial charge in [-0.2, -0.15) is 0 Å². The van der Waals surface area contributed by atoms with E-state index in [1.165, 1.54) is 0 Å². The summed E-state index contributed by atoms with van der Waals surface area (Å²) in [6, 6.07) is 24.6. The topological polar surface area (TPSA) is 137 Å². The lowest BCUT2D eigenvalue weighted by Gasteiger charge is -2.20. The molecule has 246 valence electrons. The zero-order chi connectivity index (χ0) is 33.8. The highest BCUT2D eigenvalue weighted by Gasteiger charge is 2.28. The van der Waals surface area contributed by atoms with Gasteiger partial charge < -0.3 is 24.5 Å². The number of ether oxygens (including phenoxy) is 2. The Kier molecular flexibility index (Phi) is 12.4. The molecular weight excluding hydrogens is 598 g/mol. The van der Waals surface area contributed by atoms with Crippen LogP contribution in [0.1, 0.15) is 72.7 Å². The van der Waals surface area contributed by atoms with Gasteiger partial charge in [-0.3, -0.25) is 9.59 Å². The van der Waals surface area contributed by atoms with Crippen molar-refractivity contribution in [3.05, 3.63) is 114 Å². The van der Waals surface area contributed by atoms with E-state index in [1.807, 2.05) is 58.0 Å². The zero-order valence-electron chi connectivity index (χ0n) is 27.1. The summed E-state index contributed by atoms with van der Waals surface area (Å²) in [6.45, 7) is 7.19. The highest BCUT2D eigenvalue weighted by Crippen LogP contribution is 2.24. The summed E-state index contributed by atoms with van der Waals surface area (Å²) < 4.78 is 17.3. The molecule has 0 radical (unpaired) electrons. The number of benzene rings is 3. The number of carbonyl (C=O) groups excluding carboxylic acids is 4. The quantitative estimate of drug-likeness (QED) is 0.149. The first kappa shape index (κ1) is 34.6. The molecule has 1 heterocycles. The number of esters is 2. The normalized spacial score (nSPS) is 12.3. The van der Waals surface area contributed by atoms with E-state index < -0.39 is 24.0 Å². The fourth-order valence-electron chi connectivity index (χ4n) is 4.82. The molecule has 2 N–H and O–H groups in total. The maximum atomic E-state index is 13.3. The first-order valence-electron chi connectivity index (χ1n) is 15.7. The Labute approximate surface area is 274 Å². The van der Waals surface area contributed by atoms with Gasteiger partial charge in [0.1, 0.15) is 24.4 Å². The van der Waals surface area contributed by atoms with Crippen molar-refractivity contribution in [1.29, 1.82) is 0 Å². The van der Waals surface area contributed by atoms with E-state index in [2.05, 4.69) is 15.6 Å². The third-order valence-corrected chi connectivity index (χ3v) is 7.16. The van der Waals surface area contributed by atoms with E-state index in [1.54, 1.807) is 60.7 Å². The first-order valence-corrected chi connectivity index (χ1v) is 15.7. The van der Waals surface area contributed by atoms with E-state index in [-0.39, 0.29) is 54.2 Å². The van der Waals surface area contributed by atoms with Gasteiger partial charge in [0.15, 0.2) is 12.4 Å². The molecular formula is C37H41N3O7. The second-order valence-corrected chi connectivity index (χ2v) is 12.0. The van der Waals surface area contributed by atoms with Gasteiger partial charge in [0.05, 0.1) is 0 Å². The molecule has 0 aliphatic rings. The van der Waals surface area contributed by atoms with Crippen molar-refractivity contribution < 1.29 is 33.1 Å². The number of nitrogens with one attached hydrogen (secondary N) is 2. The second-order valence-electron chi connectivity index (χ2n) is 12.0. The van der Waals surface area contributed by atoms with Crippen LogP contribution in [0.4, 0.5) is 0 Å². The summed E-state index contributed by atoms with van der Waals surface area (Å²) in [4.78, 5) is 56.7. The predicted octanol–water partition coefficient (Wildman–Crippen LogP) is 6.12. The van der Waals surface area contributed by atoms with Crippen molar-refractivity contribution in [3.8, 4) is 11.5 Å². The molecule has 0 spiro atoms. The third-order valence-electron chi connectivity index (χ3n) is 7.16. The second kappa shape index (κ2) is 16.9. The van der Waals surface area contributed by atoms with Crippen molar-refractivity contribution in [2.24, 2.45) is 11.8 Å². The number of oxazole rings is 1. The monoisotopic (exact) mass is 639 g/mol. The van der Waals surface area contributed by atoms with Crippen LogP contribution in [0.15, 0.2) is 95.4 Å². The van der Waals surface area contributed by atoms with Gasteiger partial charge in [0.2, 0.25) is 5.89 Å². The van der Waals surface area contributed by atoms with Crippen LogP contribution in [0.2, 0.25) is 0 Å². The summed E-state index contributed by atoms with van der Waals surface area (Å²) in [6.07, 6.45) is 0.724. The molecule has 0 aliphatic carbocycles. The van der Waals surface area contributed by atoms with E-state index in [0.29, 0.717) is 29.5 Å². The Hall–Kier alpha value is -5.25. The van der Waals surface area contributed by atoms with Crippen molar-refractivity contribution >= 4 is 23.8 Å². The minimum Gasteiger partial charge on any atom is -0.458 e. The molecule has 3 aromatic carbocycles. The van der Waals surface area contributed by atoms with E-state index in [0.717, 1.165) is 0 Å². The largest absolute Gasteiger partial charge is 0.458 e. The van der Waals surface area contributed by atoms with Gasteiger partial charge in [-0.05, 0) is 61.1 Å². The van der Waals surface area contributed by atoms with Gasteiger partial charge in [0, 0.05) is 16.7 Å². The number of nitrogens with zero attached hydrogens (tertiary/aromatic N) is 1. The number of hydrogen-bond acceptors (Lipinski definition) is 8. The molecule has 0 bridgehead atoms. The van der Waals surface area contributed by atoms with Gasteiger partial charge >= 0.3 is 11.9 Å². The van der Waals surface area contributed by atoms with Gasteiger partial charge in [-0.1, -0.05) is 82.3 Å². The molecule has 0 fully saturated rings. The highest BCUT2D eigenvalue weighted by molar-refractivity contribution is 5.97. The van der Waals surface area contributed by atoms with Crippen LogP contribution in [0.25, 0.3) is 11.5 Å². The van der Waals surface area contributed by atoms with Crippen LogP contribution in [0, 0.1) is 11.8 Å². The summed E-state index contributed by atoms with van der Waals surface area (Å²) in [7, 11) is 0. The molecule has 4 rings (SSSR count). The fraction of sp³-hybridized carbons (Fsp3) is 0.324. The number of carbonyl (C=O) groups is 4. The van der Waals surface area contributed by atoms with Crippen molar-refractivity contribution in [1.82, 2.24) is 15.6 Å². The maximum absolute atomic E-state index is 13.3. The van der Waals surface area contributed by atoms with Crippen LogP contribution in [0.5, 0.6) is 0 Å². The molecule has 0 unspecified atom stereocenters. The van der Waals surface area contributed by atoms with Crippen LogP contribution in [0.3, 0.4) is 0 Å². The lowest BCUT2D eigenvalue weighted by atomic mass is 10.0. The molecule has 2 amide bonds. The van der Waals surface area contributed by atoms with Crippen molar-refractivity contribution in [2.75, 3.05) is 0 Å². The Morgan fingerprint density at radius 1 is 0.638 bits per heavy atom. The molecule has 47 heavy (non-hydrogen) atoms. The lowest BCUT2D eigenvalue weighted by molar-refractivity contribution is -0.149. The van der Waals surface area contributed by atoms with Crippen LogP contribution in [-0.2, 0) is 32.3 Å². The Bertz CT molecular complexity index is 1520. The predicted molar refractivity (Wildman–Crippen MR) is 176 cm³/mol. The molecule has 2 atom stereocenters. The Balaban J connectivity index is 1.49. The third kappa shape index (κ3) is 10.4. The Morgan fingerprint density at radius 3 is 1.51 bits per heavy atom. The SMILES string of the molecule is CC(C)C[C@@H](NC(=O)c1ccccc1)C(=O)OCc1nc(-c2ccccc2)oc1COC(=O)[C@@H](CC(C)C)NC(=O)c1ccccc1. The summed E-state index contributed by atoms with van der Waals surface area (Å²) in [5, 5.41) is 5.56. The molecule has 0 aliphatic heterocycles. The average molecular weight is 640 g/mol. The van der Waals surface area contributed by atoms with Crippen molar-refractivity contribution in [2.45, 2.75) is 65.8 Å². The van der Waals surface area contributed by atoms with Crippen LogP contribution < -0.4 is 10.6 Å². The first-order chi connectivity index (χ1) is 22.6. The van der Waals surface area contributed by atoms with E-state index in [4.69, 9.17) is 13.9 Å². The van der Waals surface area contributed by atoms with Crippen LogP contribution >= 0.6 is 0 Å². The zero-order valence-corrected chi connectivity index (χ0v) is 27.1.